The maximum Gasteiger partial charge on any atom is 0.573 e. The van der Waals surface area contributed by atoms with Crippen LogP contribution in [-0.4, -0.2) is 48.4 Å². The Balaban J connectivity index is 1.49. The van der Waals surface area contributed by atoms with E-state index >= 15 is 0 Å². The molecule has 2 aromatic carbocycles. The van der Waals surface area contributed by atoms with Crippen LogP contribution in [0.5, 0.6) is 5.75 Å². The van der Waals surface area contributed by atoms with Crippen LogP contribution in [0, 0.1) is 5.82 Å². The molecule has 1 atom stereocenters. The Bertz CT molecular complexity index is 834. The molecule has 0 radical (unpaired) electrons. The highest BCUT2D eigenvalue weighted by atomic mass is 19.4. The molecule has 1 unspecified atom stereocenters. The van der Waals surface area contributed by atoms with Crippen LogP contribution in [0.3, 0.4) is 0 Å². The Labute approximate surface area is 165 Å². The van der Waals surface area contributed by atoms with E-state index in [4.69, 9.17) is 0 Å². The molecule has 0 aromatic heterocycles. The molecule has 9 heteroatoms. The number of halogens is 4. The normalized spacial score (nSPS) is 15.8. The number of anilines is 1. The van der Waals surface area contributed by atoms with E-state index in [2.05, 4.69) is 15.0 Å². The highest BCUT2D eigenvalue weighted by Gasteiger charge is 2.35. The van der Waals surface area contributed by atoms with Gasteiger partial charge in [0.1, 0.15) is 11.6 Å². The fraction of sp³-hybridized carbons (Fsp3) is 0.350. The average Bonchev–Trinajstić information content (AvgIpc) is 2.61. The summed E-state index contributed by atoms with van der Waals surface area (Å²) in [7, 11) is 1.95. The molecule has 0 aliphatic carbocycles. The van der Waals surface area contributed by atoms with E-state index in [0.717, 1.165) is 17.7 Å². The van der Waals surface area contributed by atoms with Gasteiger partial charge < -0.3 is 15.0 Å². The quantitative estimate of drug-likeness (QED) is 0.730. The first-order chi connectivity index (χ1) is 13.6. The Kier molecular flexibility index (Phi) is 5.97. The average molecular weight is 411 g/mol. The van der Waals surface area contributed by atoms with Gasteiger partial charge in [0, 0.05) is 30.9 Å². The molecule has 5 nitrogen and oxygen atoms in total. The van der Waals surface area contributed by atoms with Gasteiger partial charge >= 0.3 is 12.4 Å². The van der Waals surface area contributed by atoms with E-state index < -0.39 is 6.36 Å². The van der Waals surface area contributed by atoms with Crippen molar-refractivity contribution in [2.75, 3.05) is 25.5 Å². The Morgan fingerprint density at radius 3 is 2.28 bits per heavy atom. The van der Waals surface area contributed by atoms with Crippen LogP contribution in [0.1, 0.15) is 18.5 Å². The Morgan fingerprint density at radius 1 is 1.14 bits per heavy atom. The molecule has 0 spiro atoms. The summed E-state index contributed by atoms with van der Waals surface area (Å²) < 4.78 is 53.4. The van der Waals surface area contributed by atoms with Crippen LogP contribution >= 0.6 is 0 Å². The number of benzene rings is 2. The maximum atomic E-state index is 13.1. The molecule has 3 rings (SSSR count). The molecule has 156 valence electrons. The lowest BCUT2D eigenvalue weighted by Crippen LogP contribution is -2.61. The summed E-state index contributed by atoms with van der Waals surface area (Å²) >= 11 is 0. The first kappa shape index (κ1) is 20.9. The van der Waals surface area contributed by atoms with Gasteiger partial charge in [-0.3, -0.25) is 4.90 Å². The number of nitrogens with zero attached hydrogens (tertiary/aromatic N) is 2. The van der Waals surface area contributed by atoms with Crippen LogP contribution in [0.4, 0.5) is 28.0 Å². The van der Waals surface area contributed by atoms with E-state index in [-0.39, 0.29) is 29.7 Å². The van der Waals surface area contributed by atoms with Gasteiger partial charge in [-0.2, -0.15) is 0 Å². The fourth-order valence-electron chi connectivity index (χ4n) is 3.11. The smallest absolute Gasteiger partial charge is 0.406 e. The van der Waals surface area contributed by atoms with Crippen molar-refractivity contribution in [2.45, 2.75) is 25.4 Å². The van der Waals surface area contributed by atoms with E-state index in [1.165, 1.54) is 24.3 Å². The lowest BCUT2D eigenvalue weighted by Gasteiger charge is -2.46. The van der Waals surface area contributed by atoms with Gasteiger partial charge in [0.15, 0.2) is 0 Å². The summed E-state index contributed by atoms with van der Waals surface area (Å²) in [6.45, 7) is 3.05. The number of ether oxygens (including phenoxy) is 1. The summed E-state index contributed by atoms with van der Waals surface area (Å²) in [5.41, 5.74) is 1.36. The van der Waals surface area contributed by atoms with Crippen molar-refractivity contribution < 1.29 is 27.1 Å². The second kappa shape index (κ2) is 8.28. The second-order valence-corrected chi connectivity index (χ2v) is 6.95. The molecule has 29 heavy (non-hydrogen) atoms. The van der Waals surface area contributed by atoms with Crippen molar-refractivity contribution in [3.8, 4) is 5.75 Å². The van der Waals surface area contributed by atoms with Crippen LogP contribution in [-0.2, 0) is 0 Å². The maximum absolute atomic E-state index is 13.1. The molecule has 2 aromatic rings. The van der Waals surface area contributed by atoms with Crippen molar-refractivity contribution in [3.63, 3.8) is 0 Å². The van der Waals surface area contributed by atoms with E-state index in [0.29, 0.717) is 18.8 Å². The number of carbonyl (C=O) groups excluding carboxylic acids is 1. The third kappa shape index (κ3) is 5.38. The lowest BCUT2D eigenvalue weighted by atomic mass is 10.0. The number of carbonyl (C=O) groups is 1. The van der Waals surface area contributed by atoms with E-state index in [1.54, 1.807) is 17.0 Å². The van der Waals surface area contributed by atoms with Gasteiger partial charge in [-0.15, -0.1) is 13.2 Å². The van der Waals surface area contributed by atoms with E-state index in [9.17, 15) is 22.4 Å². The van der Waals surface area contributed by atoms with Crippen molar-refractivity contribution in [3.05, 3.63) is 59.9 Å². The second-order valence-electron chi connectivity index (χ2n) is 6.95. The number of likely N-dealkylation sites (tertiary alicyclic amines) is 1. The number of nitrogens with one attached hydrogen (secondary N) is 1. The SMILES string of the molecule is CC(c1ccc(F)cc1)N(C)C1CN(C(=O)Nc2ccc(OC(F)(F)F)cc2)C1. The summed E-state index contributed by atoms with van der Waals surface area (Å²) in [6, 6.07) is 11.2. The molecule has 1 fully saturated rings. The van der Waals surface area contributed by atoms with Crippen molar-refractivity contribution in [1.82, 2.24) is 9.80 Å². The Morgan fingerprint density at radius 2 is 1.72 bits per heavy atom. The van der Waals surface area contributed by atoms with Crippen molar-refractivity contribution >= 4 is 11.7 Å². The van der Waals surface area contributed by atoms with Crippen LogP contribution < -0.4 is 10.1 Å². The number of hydrogen-bond acceptors (Lipinski definition) is 3. The molecule has 1 aliphatic rings. The molecular weight excluding hydrogens is 390 g/mol. The number of amides is 2. The van der Waals surface area contributed by atoms with Gasteiger partial charge in [-0.05, 0) is 55.9 Å². The number of alkyl halides is 3. The fourth-order valence-corrected chi connectivity index (χ4v) is 3.11. The van der Waals surface area contributed by atoms with Crippen molar-refractivity contribution in [2.24, 2.45) is 0 Å². The molecule has 2 amide bonds. The molecule has 0 bridgehead atoms. The summed E-state index contributed by atoms with van der Waals surface area (Å²) in [4.78, 5) is 16.0. The van der Waals surface area contributed by atoms with Gasteiger partial charge in [0.25, 0.3) is 0 Å². The predicted molar refractivity (Wildman–Crippen MR) is 100 cm³/mol. The molecular formula is C20H21F4N3O2. The topological polar surface area (TPSA) is 44.8 Å². The minimum atomic E-state index is -4.76. The highest BCUT2D eigenvalue weighted by molar-refractivity contribution is 5.90. The van der Waals surface area contributed by atoms with Gasteiger partial charge in [-0.1, -0.05) is 12.1 Å². The standard InChI is InChI=1S/C20H21F4N3O2/c1-13(14-3-5-15(21)6-4-14)26(2)17-11-27(12-17)19(28)25-16-7-9-18(10-8-16)29-20(22,23)24/h3-10,13,17H,11-12H2,1-2H3,(H,25,28). The monoisotopic (exact) mass is 411 g/mol. The van der Waals surface area contributed by atoms with E-state index in [1.807, 2.05) is 14.0 Å². The predicted octanol–water partition coefficient (Wildman–Crippen LogP) is 4.63. The third-order valence-corrected chi connectivity index (χ3v) is 5.03. The lowest BCUT2D eigenvalue weighted by molar-refractivity contribution is -0.274. The van der Waals surface area contributed by atoms with Crippen molar-refractivity contribution in [1.29, 1.82) is 0 Å². The third-order valence-electron chi connectivity index (χ3n) is 5.03. The van der Waals surface area contributed by atoms with Gasteiger partial charge in [0.05, 0.1) is 0 Å². The molecule has 1 N–H and O–H groups in total. The first-order valence-electron chi connectivity index (χ1n) is 9.01. The first-order valence-corrected chi connectivity index (χ1v) is 9.01. The zero-order chi connectivity index (χ0) is 21.2. The molecule has 1 heterocycles. The summed E-state index contributed by atoms with van der Waals surface area (Å²) in [5.74, 6) is -0.635. The number of rotatable bonds is 5. The summed E-state index contributed by atoms with van der Waals surface area (Å²) in [6.07, 6.45) is -4.76. The Hall–Kier alpha value is -2.81. The molecule has 1 saturated heterocycles. The molecule has 1 aliphatic heterocycles. The minimum Gasteiger partial charge on any atom is -0.406 e. The molecule has 0 saturated carbocycles. The van der Waals surface area contributed by atoms with Gasteiger partial charge in [0.2, 0.25) is 0 Å². The minimum absolute atomic E-state index is 0.0620. The van der Waals surface area contributed by atoms with Gasteiger partial charge in [-0.25, -0.2) is 9.18 Å². The number of hydrogen-bond donors (Lipinski definition) is 1. The van der Waals surface area contributed by atoms with Crippen LogP contribution in [0.2, 0.25) is 0 Å². The highest BCUT2D eigenvalue weighted by Crippen LogP contribution is 2.27. The zero-order valence-corrected chi connectivity index (χ0v) is 15.9. The number of urea groups is 1. The van der Waals surface area contributed by atoms with Crippen LogP contribution in [0.25, 0.3) is 0 Å². The largest absolute Gasteiger partial charge is 0.573 e. The zero-order valence-electron chi connectivity index (χ0n) is 15.9. The number of likely N-dealkylation sites (N-methyl/N-ethyl adjacent to an activating group) is 1. The van der Waals surface area contributed by atoms with Crippen LogP contribution in [0.15, 0.2) is 48.5 Å². The summed E-state index contributed by atoms with van der Waals surface area (Å²) in [5, 5.41) is 2.65.